The van der Waals surface area contributed by atoms with Crippen molar-refractivity contribution in [3.05, 3.63) is 11.3 Å². The Morgan fingerprint density at radius 2 is 2.22 bits per heavy atom. The maximum Gasteiger partial charge on any atom is 0.0432 e. The third kappa shape index (κ3) is 0.473. The van der Waals surface area contributed by atoms with Crippen LogP contribution in [0.3, 0.4) is 0 Å². The van der Waals surface area contributed by atoms with Crippen molar-refractivity contribution >= 4 is 6.21 Å². The zero-order valence-electron chi connectivity index (χ0n) is 5.89. The lowest BCUT2D eigenvalue weighted by Crippen LogP contribution is -2.22. The average Bonchev–Trinajstić information content (AvgIpc) is 2.30. The summed E-state index contributed by atoms with van der Waals surface area (Å²) < 4.78 is 0. The van der Waals surface area contributed by atoms with Crippen LogP contribution in [0.4, 0.5) is 0 Å². The molecule has 0 spiro atoms. The van der Waals surface area contributed by atoms with Gasteiger partial charge in [-0.25, -0.2) is 0 Å². The van der Waals surface area contributed by atoms with Crippen molar-refractivity contribution in [2.45, 2.75) is 20.3 Å². The Labute approximate surface area is 55.5 Å². The van der Waals surface area contributed by atoms with Crippen molar-refractivity contribution < 1.29 is 0 Å². The van der Waals surface area contributed by atoms with Crippen molar-refractivity contribution in [3.63, 3.8) is 0 Å². The van der Waals surface area contributed by atoms with Crippen LogP contribution in [0.2, 0.25) is 0 Å². The Morgan fingerprint density at radius 1 is 1.44 bits per heavy atom. The molecule has 2 unspecified atom stereocenters. The minimum atomic E-state index is 0.735. The summed E-state index contributed by atoms with van der Waals surface area (Å²) in [5, 5.41) is 0. The highest BCUT2D eigenvalue weighted by molar-refractivity contribution is 5.70. The second-order valence-corrected chi connectivity index (χ2v) is 3.00. The molecule has 1 aliphatic heterocycles. The molecule has 9 heavy (non-hydrogen) atoms. The van der Waals surface area contributed by atoms with E-state index in [9.17, 15) is 0 Å². The van der Waals surface area contributed by atoms with E-state index >= 15 is 0 Å². The molecule has 0 amide bonds. The van der Waals surface area contributed by atoms with E-state index in [2.05, 4.69) is 18.8 Å². The first kappa shape index (κ1) is 5.21. The van der Waals surface area contributed by atoms with Gasteiger partial charge in [-0.05, 0) is 11.5 Å². The zero-order valence-corrected chi connectivity index (χ0v) is 5.89. The molecule has 1 heterocycles. The van der Waals surface area contributed by atoms with Crippen molar-refractivity contribution in [1.29, 1.82) is 0 Å². The van der Waals surface area contributed by atoms with Crippen LogP contribution < -0.4 is 0 Å². The van der Waals surface area contributed by atoms with E-state index in [4.69, 9.17) is 0 Å². The molecule has 2 rings (SSSR count). The SMILES string of the molecule is CC1C2=C(N=CC2)C1C. The van der Waals surface area contributed by atoms with Crippen LogP contribution in [0.5, 0.6) is 0 Å². The third-order valence-corrected chi connectivity index (χ3v) is 2.60. The van der Waals surface area contributed by atoms with Crippen molar-refractivity contribution in [2.24, 2.45) is 16.8 Å². The van der Waals surface area contributed by atoms with Gasteiger partial charge >= 0.3 is 0 Å². The number of hydrogen-bond donors (Lipinski definition) is 0. The van der Waals surface area contributed by atoms with Crippen LogP contribution in [0.25, 0.3) is 0 Å². The van der Waals surface area contributed by atoms with Crippen molar-refractivity contribution in [3.8, 4) is 0 Å². The zero-order chi connectivity index (χ0) is 6.43. The second-order valence-electron chi connectivity index (χ2n) is 3.00. The van der Waals surface area contributed by atoms with Crippen LogP contribution in [0.15, 0.2) is 16.3 Å². The Balaban J connectivity index is 2.33. The van der Waals surface area contributed by atoms with Gasteiger partial charge in [-0.3, -0.25) is 4.99 Å². The highest BCUT2D eigenvalue weighted by Crippen LogP contribution is 2.44. The van der Waals surface area contributed by atoms with Gasteiger partial charge in [0, 0.05) is 24.3 Å². The van der Waals surface area contributed by atoms with Crippen LogP contribution in [-0.4, -0.2) is 6.21 Å². The first-order valence-corrected chi connectivity index (χ1v) is 3.56. The Hall–Kier alpha value is -0.590. The smallest absolute Gasteiger partial charge is 0.0432 e. The number of rotatable bonds is 0. The lowest BCUT2D eigenvalue weighted by atomic mass is 9.74. The van der Waals surface area contributed by atoms with Gasteiger partial charge in [-0.15, -0.1) is 0 Å². The standard InChI is InChI=1S/C8H11N/c1-5-6(2)8-7(5)3-4-9-8/h4-6H,3H2,1-2H3. The Bertz CT molecular complexity index is 201. The minimum absolute atomic E-state index is 0.735. The number of nitrogens with zero attached hydrogens (tertiary/aromatic N) is 1. The molecule has 1 aliphatic carbocycles. The molecule has 0 N–H and O–H groups in total. The third-order valence-electron chi connectivity index (χ3n) is 2.60. The Kier molecular flexibility index (Phi) is 0.850. The van der Waals surface area contributed by atoms with Crippen LogP contribution in [0, 0.1) is 11.8 Å². The van der Waals surface area contributed by atoms with Gasteiger partial charge in [-0.1, -0.05) is 13.8 Å². The van der Waals surface area contributed by atoms with Gasteiger partial charge in [0.05, 0.1) is 0 Å². The summed E-state index contributed by atoms with van der Waals surface area (Å²) in [5.41, 5.74) is 2.96. The summed E-state index contributed by atoms with van der Waals surface area (Å²) in [4.78, 5) is 4.29. The molecule has 0 radical (unpaired) electrons. The summed E-state index contributed by atoms with van der Waals surface area (Å²) in [6.07, 6.45) is 3.16. The van der Waals surface area contributed by atoms with E-state index in [0.29, 0.717) is 0 Å². The van der Waals surface area contributed by atoms with Crippen LogP contribution in [-0.2, 0) is 0 Å². The molecule has 0 saturated heterocycles. The quantitative estimate of drug-likeness (QED) is 0.465. The fraction of sp³-hybridized carbons (Fsp3) is 0.625. The molecular formula is C8H11N. The average molecular weight is 121 g/mol. The van der Waals surface area contributed by atoms with Gasteiger partial charge in [0.25, 0.3) is 0 Å². The lowest BCUT2D eigenvalue weighted by molar-refractivity contribution is 0.425. The van der Waals surface area contributed by atoms with E-state index < -0.39 is 0 Å². The molecule has 0 aromatic carbocycles. The van der Waals surface area contributed by atoms with Crippen LogP contribution in [0.1, 0.15) is 20.3 Å². The molecule has 0 fully saturated rings. The molecule has 0 bridgehead atoms. The summed E-state index contributed by atoms with van der Waals surface area (Å²) in [7, 11) is 0. The topological polar surface area (TPSA) is 12.4 Å². The highest BCUT2D eigenvalue weighted by atomic mass is 14.8. The lowest BCUT2D eigenvalue weighted by Gasteiger charge is -2.32. The number of allylic oxidation sites excluding steroid dienone is 2. The Morgan fingerprint density at radius 3 is 2.89 bits per heavy atom. The predicted molar refractivity (Wildman–Crippen MR) is 38.5 cm³/mol. The summed E-state index contributed by atoms with van der Waals surface area (Å²) in [6, 6.07) is 0. The number of hydrogen-bond acceptors (Lipinski definition) is 1. The fourth-order valence-electron chi connectivity index (χ4n) is 1.70. The maximum atomic E-state index is 4.29. The predicted octanol–water partition coefficient (Wildman–Crippen LogP) is 2.00. The molecule has 1 heteroatoms. The number of aliphatic imine (C=N–C) groups is 1. The molecule has 2 aliphatic rings. The molecule has 0 aromatic heterocycles. The molecule has 0 aromatic rings. The largest absolute Gasteiger partial charge is 0.265 e. The minimum Gasteiger partial charge on any atom is -0.265 e. The monoisotopic (exact) mass is 121 g/mol. The van der Waals surface area contributed by atoms with E-state index in [1.54, 1.807) is 5.57 Å². The first-order chi connectivity index (χ1) is 4.30. The second kappa shape index (κ2) is 1.47. The molecule has 48 valence electrons. The summed E-state index contributed by atoms with van der Waals surface area (Å²) in [5.74, 6) is 1.54. The summed E-state index contributed by atoms with van der Waals surface area (Å²) >= 11 is 0. The molecular weight excluding hydrogens is 110 g/mol. The summed E-state index contributed by atoms with van der Waals surface area (Å²) in [6.45, 7) is 4.55. The van der Waals surface area contributed by atoms with Crippen LogP contribution >= 0.6 is 0 Å². The molecule has 2 atom stereocenters. The molecule has 0 saturated carbocycles. The van der Waals surface area contributed by atoms with Gasteiger partial charge in [0.15, 0.2) is 0 Å². The normalized spacial score (nSPS) is 38.9. The van der Waals surface area contributed by atoms with Crippen molar-refractivity contribution in [1.82, 2.24) is 0 Å². The van der Waals surface area contributed by atoms with E-state index in [1.165, 1.54) is 5.70 Å². The molecule has 1 nitrogen and oxygen atoms in total. The maximum absolute atomic E-state index is 4.29. The van der Waals surface area contributed by atoms with Gasteiger partial charge in [0.2, 0.25) is 0 Å². The van der Waals surface area contributed by atoms with E-state index in [1.807, 2.05) is 6.21 Å². The first-order valence-electron chi connectivity index (χ1n) is 3.56. The van der Waals surface area contributed by atoms with E-state index in [0.717, 1.165) is 18.3 Å². The fourth-order valence-corrected chi connectivity index (χ4v) is 1.70. The highest BCUT2D eigenvalue weighted by Gasteiger charge is 2.34. The van der Waals surface area contributed by atoms with Gasteiger partial charge in [0.1, 0.15) is 0 Å². The van der Waals surface area contributed by atoms with Gasteiger partial charge < -0.3 is 0 Å². The van der Waals surface area contributed by atoms with Crippen molar-refractivity contribution in [2.75, 3.05) is 0 Å². The van der Waals surface area contributed by atoms with Gasteiger partial charge in [-0.2, -0.15) is 0 Å². The van der Waals surface area contributed by atoms with E-state index in [-0.39, 0.29) is 0 Å².